The molecule has 0 fully saturated rings. The second-order valence-electron chi connectivity index (χ2n) is 5.50. The van der Waals surface area contributed by atoms with Crippen molar-refractivity contribution in [1.29, 1.82) is 0 Å². The summed E-state index contributed by atoms with van der Waals surface area (Å²) in [5.41, 5.74) is 0. The van der Waals surface area contributed by atoms with E-state index < -0.39 is 7.60 Å². The van der Waals surface area contributed by atoms with E-state index >= 15 is 0 Å². The Labute approximate surface area is 173 Å². The van der Waals surface area contributed by atoms with Crippen LogP contribution < -0.4 is 14.8 Å². The standard InChI is InChI=1S/C20H19O5PS2/c1-22-16-8-12-19(13-9-16)27-24-26(21,18-6-4-3-5-7-18)25-28-20-14-10-17(23-2)11-15-20/h3-15H,1-2H3. The van der Waals surface area contributed by atoms with E-state index in [1.807, 2.05) is 54.6 Å². The fourth-order valence-electron chi connectivity index (χ4n) is 2.16. The van der Waals surface area contributed by atoms with Crippen LogP contribution in [0.15, 0.2) is 88.7 Å². The van der Waals surface area contributed by atoms with Crippen LogP contribution >= 0.6 is 31.7 Å². The van der Waals surface area contributed by atoms with Crippen LogP contribution in [0.3, 0.4) is 0 Å². The third kappa shape index (κ3) is 5.56. The molecule has 0 spiro atoms. The summed E-state index contributed by atoms with van der Waals surface area (Å²) >= 11 is 2.01. The molecule has 0 amide bonds. The third-order valence-electron chi connectivity index (χ3n) is 3.65. The molecule has 3 aromatic carbocycles. The number of methoxy groups -OCH3 is 2. The summed E-state index contributed by atoms with van der Waals surface area (Å²) in [4.78, 5) is 1.57. The molecule has 0 aliphatic rings. The van der Waals surface area contributed by atoms with Crippen LogP contribution in [0.4, 0.5) is 0 Å². The van der Waals surface area contributed by atoms with Gasteiger partial charge in [0.05, 0.1) is 19.5 Å². The number of ether oxygens (including phenoxy) is 2. The van der Waals surface area contributed by atoms with Crippen molar-refractivity contribution in [3.8, 4) is 11.5 Å². The highest BCUT2D eigenvalue weighted by molar-refractivity contribution is 8.02. The Morgan fingerprint density at radius 1 is 0.643 bits per heavy atom. The summed E-state index contributed by atoms with van der Waals surface area (Å²) in [7, 11) is -0.369. The topological polar surface area (TPSA) is 54.0 Å². The summed E-state index contributed by atoms with van der Waals surface area (Å²) in [6, 6.07) is 23.5. The molecule has 5 nitrogen and oxygen atoms in total. The maximum atomic E-state index is 13.5. The van der Waals surface area contributed by atoms with Crippen molar-refractivity contribution in [2.75, 3.05) is 14.2 Å². The predicted octanol–water partition coefficient (Wildman–Crippen LogP) is 5.97. The Bertz CT molecular complexity index is 862. The zero-order valence-electron chi connectivity index (χ0n) is 15.3. The zero-order chi connectivity index (χ0) is 19.8. The lowest BCUT2D eigenvalue weighted by atomic mass is 10.3. The lowest BCUT2D eigenvalue weighted by Gasteiger charge is -2.16. The van der Waals surface area contributed by atoms with E-state index in [0.29, 0.717) is 5.30 Å². The Balaban J connectivity index is 1.74. The minimum absolute atomic E-state index is 0.483. The average Bonchev–Trinajstić information content (AvgIpc) is 2.77. The molecular weight excluding hydrogens is 415 g/mol. The summed E-state index contributed by atoms with van der Waals surface area (Å²) < 4.78 is 35.2. The second-order valence-corrected chi connectivity index (χ2v) is 9.48. The van der Waals surface area contributed by atoms with Gasteiger partial charge in [0.2, 0.25) is 0 Å². The molecule has 0 saturated heterocycles. The molecule has 0 aliphatic carbocycles. The molecule has 3 aromatic rings. The van der Waals surface area contributed by atoms with Gasteiger partial charge in [0.1, 0.15) is 11.5 Å². The van der Waals surface area contributed by atoms with Gasteiger partial charge in [-0.25, -0.2) is 7.94 Å². The van der Waals surface area contributed by atoms with Gasteiger partial charge in [0.25, 0.3) is 0 Å². The fraction of sp³-hybridized carbons (Fsp3) is 0.100. The van der Waals surface area contributed by atoms with E-state index in [2.05, 4.69) is 0 Å². The van der Waals surface area contributed by atoms with Crippen molar-refractivity contribution in [3.05, 3.63) is 78.9 Å². The highest BCUT2D eigenvalue weighted by Crippen LogP contribution is 2.55. The first-order valence-electron chi connectivity index (χ1n) is 8.29. The number of benzene rings is 3. The first-order chi connectivity index (χ1) is 13.6. The fourth-order valence-corrected chi connectivity index (χ4v) is 5.67. The largest absolute Gasteiger partial charge is 0.497 e. The lowest BCUT2D eigenvalue weighted by Crippen LogP contribution is -2.05. The summed E-state index contributed by atoms with van der Waals surface area (Å²) in [6.07, 6.45) is 0. The molecule has 0 radical (unpaired) electrons. The summed E-state index contributed by atoms with van der Waals surface area (Å²) in [5, 5.41) is 0.483. The molecule has 8 heteroatoms. The van der Waals surface area contributed by atoms with E-state index in [4.69, 9.17) is 17.4 Å². The Kier molecular flexibility index (Phi) is 7.48. The van der Waals surface area contributed by atoms with Crippen LogP contribution in [-0.2, 0) is 12.5 Å². The van der Waals surface area contributed by atoms with Crippen molar-refractivity contribution in [3.63, 3.8) is 0 Å². The van der Waals surface area contributed by atoms with Crippen molar-refractivity contribution in [2.45, 2.75) is 9.79 Å². The van der Waals surface area contributed by atoms with E-state index in [1.54, 1.807) is 38.5 Å². The van der Waals surface area contributed by atoms with E-state index in [0.717, 1.165) is 45.4 Å². The second kappa shape index (κ2) is 10.0. The van der Waals surface area contributed by atoms with Gasteiger partial charge < -0.3 is 9.47 Å². The van der Waals surface area contributed by atoms with Crippen LogP contribution in [0, 0.1) is 0 Å². The first kappa shape index (κ1) is 20.8. The highest BCUT2D eigenvalue weighted by Gasteiger charge is 2.30. The summed E-state index contributed by atoms with van der Waals surface area (Å²) in [6.45, 7) is 0. The SMILES string of the molecule is COc1ccc(SOP(=O)(OSc2ccc(OC)cc2)c2ccccc2)cc1. The lowest BCUT2D eigenvalue weighted by molar-refractivity contribution is 0.414. The maximum absolute atomic E-state index is 13.5. The number of rotatable bonds is 9. The molecular formula is C20H19O5PS2. The van der Waals surface area contributed by atoms with E-state index in [1.165, 1.54) is 0 Å². The quantitative estimate of drug-likeness (QED) is 0.304. The molecule has 0 atom stereocenters. The maximum Gasteiger partial charge on any atom is 0.384 e. The Morgan fingerprint density at radius 3 is 1.46 bits per heavy atom. The Morgan fingerprint density at radius 2 is 1.07 bits per heavy atom. The van der Waals surface area contributed by atoms with Crippen LogP contribution in [-0.4, -0.2) is 14.2 Å². The van der Waals surface area contributed by atoms with Gasteiger partial charge >= 0.3 is 7.60 Å². The molecule has 0 aliphatic heterocycles. The van der Waals surface area contributed by atoms with Crippen LogP contribution in [0.1, 0.15) is 0 Å². The molecule has 0 saturated carbocycles. The van der Waals surface area contributed by atoms with Gasteiger partial charge in [0, 0.05) is 33.9 Å². The van der Waals surface area contributed by atoms with E-state index in [-0.39, 0.29) is 0 Å². The van der Waals surface area contributed by atoms with Crippen LogP contribution in [0.2, 0.25) is 0 Å². The van der Waals surface area contributed by atoms with Gasteiger partial charge in [-0.1, -0.05) is 18.2 Å². The smallest absolute Gasteiger partial charge is 0.384 e. The summed E-state index contributed by atoms with van der Waals surface area (Å²) in [5.74, 6) is 1.48. The molecule has 0 unspecified atom stereocenters. The monoisotopic (exact) mass is 434 g/mol. The minimum atomic E-state index is -3.58. The molecule has 0 N–H and O–H groups in total. The normalized spacial score (nSPS) is 11.2. The van der Waals surface area contributed by atoms with Crippen LogP contribution in [0.5, 0.6) is 11.5 Å². The minimum Gasteiger partial charge on any atom is -0.497 e. The van der Waals surface area contributed by atoms with Gasteiger partial charge in [-0.3, -0.25) is 4.57 Å². The van der Waals surface area contributed by atoms with Gasteiger partial charge in [-0.15, -0.1) is 0 Å². The number of hydrogen-bond donors (Lipinski definition) is 0. The molecule has 0 aromatic heterocycles. The van der Waals surface area contributed by atoms with Crippen molar-refractivity contribution in [2.24, 2.45) is 0 Å². The first-order valence-corrected chi connectivity index (χ1v) is 11.3. The molecule has 0 bridgehead atoms. The molecule has 3 rings (SSSR count). The third-order valence-corrected chi connectivity index (χ3v) is 7.68. The van der Waals surface area contributed by atoms with Crippen molar-refractivity contribution < 1.29 is 22.0 Å². The van der Waals surface area contributed by atoms with Crippen molar-refractivity contribution in [1.82, 2.24) is 0 Å². The van der Waals surface area contributed by atoms with Gasteiger partial charge in [-0.05, 0) is 60.7 Å². The molecule has 146 valence electrons. The van der Waals surface area contributed by atoms with Crippen LogP contribution in [0.25, 0.3) is 0 Å². The number of hydrogen-bond acceptors (Lipinski definition) is 7. The Hall–Kier alpha value is -1.89. The molecule has 0 heterocycles. The van der Waals surface area contributed by atoms with Gasteiger partial charge in [0.15, 0.2) is 0 Å². The predicted molar refractivity (Wildman–Crippen MR) is 114 cm³/mol. The highest BCUT2D eigenvalue weighted by atomic mass is 32.2. The van der Waals surface area contributed by atoms with Crippen molar-refractivity contribution >= 4 is 37.0 Å². The molecule has 28 heavy (non-hydrogen) atoms. The average molecular weight is 434 g/mol. The zero-order valence-corrected chi connectivity index (χ0v) is 17.8. The van der Waals surface area contributed by atoms with E-state index in [9.17, 15) is 4.57 Å². The van der Waals surface area contributed by atoms with Gasteiger partial charge in [-0.2, -0.15) is 0 Å².